The third-order valence-corrected chi connectivity index (χ3v) is 8.44. The number of aliphatic hydroxyl groups is 3. The van der Waals surface area contributed by atoms with Gasteiger partial charge >= 0.3 is 0 Å². The Morgan fingerprint density at radius 2 is 1.85 bits per heavy atom. The molecule has 3 aliphatic carbocycles. The van der Waals surface area contributed by atoms with Crippen LogP contribution in [0.15, 0.2) is 46.9 Å². The van der Waals surface area contributed by atoms with Gasteiger partial charge < -0.3 is 45.9 Å². The third kappa shape index (κ3) is 3.81. The molecule has 1 unspecified atom stereocenters. The minimum Gasteiger partial charge on any atom is -0.511 e. The number of anilines is 2. The maximum absolute atomic E-state index is 14.0. The quantitative estimate of drug-likeness (QED) is 0.230. The second-order valence-electron chi connectivity index (χ2n) is 11.0. The smallest absolute Gasteiger partial charge is 0.255 e. The predicted octanol–water partition coefficient (Wildman–Crippen LogP) is 1.99. The first-order valence-corrected chi connectivity index (χ1v) is 13.1. The second-order valence-corrected chi connectivity index (χ2v) is 11.0. The van der Waals surface area contributed by atoms with E-state index in [4.69, 9.17) is 15.2 Å². The molecular weight excluding hydrogens is 534 g/mol. The summed E-state index contributed by atoms with van der Waals surface area (Å²) in [7, 11) is 3.60. The molecule has 12 nitrogen and oxygen atoms in total. The molecule has 0 aromatic heterocycles. The molecule has 0 fully saturated rings. The number of nitrogens with one attached hydrogen (secondary N) is 1. The Morgan fingerprint density at radius 1 is 1.12 bits per heavy atom. The van der Waals surface area contributed by atoms with Gasteiger partial charge in [0.15, 0.2) is 22.9 Å². The van der Waals surface area contributed by atoms with Gasteiger partial charge in [-0.25, -0.2) is 0 Å². The van der Waals surface area contributed by atoms with Gasteiger partial charge in [-0.1, -0.05) is 6.07 Å². The number of phenols is 1. The molecule has 0 saturated carbocycles. The lowest BCUT2D eigenvalue weighted by molar-refractivity contribution is -0.144. The number of ether oxygens (including phenoxy) is 2. The summed E-state index contributed by atoms with van der Waals surface area (Å²) in [5.41, 5.74) is 3.92. The maximum atomic E-state index is 14.0. The molecule has 4 aliphatic rings. The zero-order valence-electron chi connectivity index (χ0n) is 22.4. The van der Waals surface area contributed by atoms with Crippen LogP contribution in [0, 0.1) is 11.8 Å². The summed E-state index contributed by atoms with van der Waals surface area (Å²) in [5.74, 6) is -5.36. The van der Waals surface area contributed by atoms with Gasteiger partial charge in [-0.2, -0.15) is 0 Å². The molecule has 3 atom stereocenters. The van der Waals surface area contributed by atoms with Gasteiger partial charge in [0.1, 0.15) is 22.8 Å². The third-order valence-electron chi connectivity index (χ3n) is 8.44. The molecule has 1 heterocycles. The number of hydrogen-bond donors (Lipinski definition) is 6. The van der Waals surface area contributed by atoms with Crippen LogP contribution in [-0.4, -0.2) is 64.4 Å². The number of amides is 1. The Bertz CT molecular complexity index is 1610. The average Bonchev–Trinajstić information content (AvgIpc) is 3.38. The number of nitrogens with two attached hydrogens (primary N) is 1. The van der Waals surface area contributed by atoms with Gasteiger partial charge in [0.2, 0.25) is 12.6 Å². The molecule has 0 saturated heterocycles. The highest BCUT2D eigenvalue weighted by Gasteiger charge is 2.59. The molecule has 0 spiro atoms. The SMILES string of the molecule is CN(C)c1cc(NCc2ccc3c(c2)OCO3)c(O)c2c1CC1C[C@H]3CC(O)=C(C(N)=O)C(=O)[C@@]3(O)C(O)=C1C2=O. The van der Waals surface area contributed by atoms with Gasteiger partial charge in [-0.3, -0.25) is 14.4 Å². The molecule has 1 amide bonds. The monoisotopic (exact) mass is 563 g/mol. The molecule has 12 heteroatoms. The lowest BCUT2D eigenvalue weighted by Crippen LogP contribution is -2.57. The summed E-state index contributed by atoms with van der Waals surface area (Å²) in [6.45, 7) is 0.418. The van der Waals surface area contributed by atoms with E-state index < -0.39 is 52.0 Å². The van der Waals surface area contributed by atoms with E-state index in [1.54, 1.807) is 26.2 Å². The van der Waals surface area contributed by atoms with Crippen molar-refractivity contribution in [3.8, 4) is 17.2 Å². The van der Waals surface area contributed by atoms with E-state index in [0.717, 1.165) is 5.56 Å². The number of phenolic OH excluding ortho intramolecular Hbond substituents is 1. The van der Waals surface area contributed by atoms with Crippen molar-refractivity contribution in [3.05, 3.63) is 63.6 Å². The number of ketones is 2. The highest BCUT2D eigenvalue weighted by molar-refractivity contribution is 6.24. The van der Waals surface area contributed by atoms with Crippen molar-refractivity contribution in [1.82, 2.24) is 0 Å². The van der Waals surface area contributed by atoms with Crippen molar-refractivity contribution in [3.63, 3.8) is 0 Å². The maximum Gasteiger partial charge on any atom is 0.255 e. The summed E-state index contributed by atoms with van der Waals surface area (Å²) in [4.78, 5) is 40.8. The number of rotatable bonds is 5. The number of primary amides is 1. The number of fused-ring (bicyclic) bond motifs is 4. The molecule has 2 aromatic rings. The van der Waals surface area contributed by atoms with Crippen molar-refractivity contribution in [2.24, 2.45) is 17.6 Å². The van der Waals surface area contributed by atoms with Crippen molar-refractivity contribution in [2.45, 2.75) is 31.4 Å². The normalized spacial score (nSPS) is 24.6. The van der Waals surface area contributed by atoms with Crippen LogP contribution in [0.3, 0.4) is 0 Å². The fraction of sp³-hybridized carbons (Fsp3) is 0.345. The van der Waals surface area contributed by atoms with Crippen LogP contribution in [0.4, 0.5) is 11.4 Å². The van der Waals surface area contributed by atoms with E-state index in [2.05, 4.69) is 5.32 Å². The minimum atomic E-state index is -2.61. The fourth-order valence-electron chi connectivity index (χ4n) is 6.45. The van der Waals surface area contributed by atoms with Crippen LogP contribution in [-0.2, 0) is 22.6 Å². The van der Waals surface area contributed by atoms with Crippen LogP contribution < -0.4 is 25.4 Å². The number of nitrogens with zero attached hydrogens (tertiary/aromatic N) is 1. The highest BCUT2D eigenvalue weighted by Crippen LogP contribution is 2.53. The first kappa shape index (κ1) is 26.5. The summed E-state index contributed by atoms with van der Waals surface area (Å²) < 4.78 is 10.8. The Kier molecular flexibility index (Phi) is 5.93. The Morgan fingerprint density at radius 3 is 2.56 bits per heavy atom. The lowest BCUT2D eigenvalue weighted by atomic mass is 9.60. The van der Waals surface area contributed by atoms with Gasteiger partial charge in [-0.15, -0.1) is 0 Å². The predicted molar refractivity (Wildman–Crippen MR) is 145 cm³/mol. The molecular formula is C29H29N3O9. The number of aliphatic hydroxyl groups excluding tert-OH is 2. The van der Waals surface area contributed by atoms with Gasteiger partial charge in [0, 0.05) is 44.2 Å². The first-order valence-electron chi connectivity index (χ1n) is 13.1. The van der Waals surface area contributed by atoms with E-state index in [1.807, 2.05) is 17.0 Å². The molecule has 7 N–H and O–H groups in total. The molecule has 214 valence electrons. The lowest BCUT2D eigenvalue weighted by Gasteiger charge is -2.46. The van der Waals surface area contributed by atoms with Crippen LogP contribution >= 0.6 is 0 Å². The zero-order chi connectivity index (χ0) is 29.4. The molecule has 6 rings (SSSR count). The fourth-order valence-corrected chi connectivity index (χ4v) is 6.45. The van der Waals surface area contributed by atoms with Crippen molar-refractivity contribution >= 4 is 28.8 Å². The van der Waals surface area contributed by atoms with Crippen LogP contribution in [0.2, 0.25) is 0 Å². The van der Waals surface area contributed by atoms with Gasteiger partial charge in [0.25, 0.3) is 5.91 Å². The molecule has 0 bridgehead atoms. The number of benzene rings is 2. The summed E-state index contributed by atoms with van der Waals surface area (Å²) in [6, 6.07) is 7.17. The largest absolute Gasteiger partial charge is 0.511 e. The number of hydrogen-bond acceptors (Lipinski definition) is 11. The molecule has 0 radical (unpaired) electrons. The van der Waals surface area contributed by atoms with E-state index in [0.29, 0.717) is 22.7 Å². The number of Topliss-reactive ketones (excluding diaryl/α,β-unsaturated/α-hetero) is 2. The van der Waals surface area contributed by atoms with Crippen molar-refractivity contribution in [2.75, 3.05) is 31.1 Å². The minimum absolute atomic E-state index is 0.0546. The van der Waals surface area contributed by atoms with Crippen LogP contribution in [0.5, 0.6) is 17.2 Å². The summed E-state index contributed by atoms with van der Waals surface area (Å²) in [6.07, 6.45) is 0.0163. The van der Waals surface area contributed by atoms with Crippen molar-refractivity contribution in [1.29, 1.82) is 0 Å². The Hall–Kier alpha value is -4.71. The van der Waals surface area contributed by atoms with Gasteiger partial charge in [-0.05, 0) is 48.1 Å². The zero-order valence-corrected chi connectivity index (χ0v) is 22.4. The second kappa shape index (κ2) is 9.16. The first-order chi connectivity index (χ1) is 19.4. The van der Waals surface area contributed by atoms with Crippen LogP contribution in [0.25, 0.3) is 0 Å². The van der Waals surface area contributed by atoms with E-state index in [1.165, 1.54) is 0 Å². The Labute approximate surface area is 234 Å². The van der Waals surface area contributed by atoms with Crippen LogP contribution in [0.1, 0.15) is 34.3 Å². The standard InChI is InChI=1S/C29H29N3O9/c1-32(2)17-9-16(31-10-12-3-4-19-20(5-12)41-11-40-19)24(34)22-15(17)7-13-6-14-8-18(33)23(28(30)38)27(37)29(14,39)26(36)21(13)25(22)35/h3-5,9,13-14,31,33-34,36,39H,6-8,10-11H2,1-2H3,(H2,30,38)/t13?,14-,29-/m0/s1. The number of carbonyl (C=O) groups is 3. The number of aromatic hydroxyl groups is 1. The van der Waals surface area contributed by atoms with E-state index >= 15 is 0 Å². The summed E-state index contributed by atoms with van der Waals surface area (Å²) in [5, 5.41) is 47.6. The van der Waals surface area contributed by atoms with Gasteiger partial charge in [0.05, 0.1) is 11.3 Å². The topological polar surface area (TPSA) is 192 Å². The highest BCUT2D eigenvalue weighted by atomic mass is 16.7. The number of allylic oxidation sites excluding steroid dienone is 2. The molecule has 2 aromatic carbocycles. The summed E-state index contributed by atoms with van der Waals surface area (Å²) >= 11 is 0. The average molecular weight is 564 g/mol. The van der Waals surface area contributed by atoms with E-state index in [-0.39, 0.29) is 55.2 Å². The Balaban J connectivity index is 1.41. The molecule has 41 heavy (non-hydrogen) atoms. The number of carbonyl (C=O) groups excluding carboxylic acids is 3. The molecule has 1 aliphatic heterocycles. The van der Waals surface area contributed by atoms with E-state index in [9.17, 15) is 34.8 Å². The van der Waals surface area contributed by atoms with Crippen molar-refractivity contribution < 1.29 is 44.3 Å².